The summed E-state index contributed by atoms with van der Waals surface area (Å²) in [6.07, 6.45) is 2.01. The summed E-state index contributed by atoms with van der Waals surface area (Å²) in [6.45, 7) is 3.64. The van der Waals surface area contributed by atoms with E-state index in [-0.39, 0.29) is 11.6 Å². The third-order valence-corrected chi connectivity index (χ3v) is 2.78. The molecule has 1 rings (SSSR count). The summed E-state index contributed by atoms with van der Waals surface area (Å²) in [5.74, 6) is -1.71. The molecule has 98 valence electrons. The van der Waals surface area contributed by atoms with Crippen LogP contribution in [0.3, 0.4) is 0 Å². The van der Waals surface area contributed by atoms with Gasteiger partial charge in [0.05, 0.1) is 11.9 Å². The zero-order valence-corrected chi connectivity index (χ0v) is 10.4. The molecule has 0 saturated heterocycles. The first-order valence-electron chi connectivity index (χ1n) is 5.71. The number of rotatable bonds is 5. The molecule has 1 unspecified atom stereocenters. The van der Waals surface area contributed by atoms with Crippen LogP contribution in [0.5, 0.6) is 0 Å². The molecule has 0 aliphatic heterocycles. The number of hydrogen-bond donors (Lipinski definition) is 3. The maximum absolute atomic E-state index is 11.8. The van der Waals surface area contributed by atoms with Gasteiger partial charge in [-0.25, -0.2) is 9.78 Å². The van der Waals surface area contributed by atoms with Crippen molar-refractivity contribution in [1.82, 2.24) is 10.3 Å². The van der Waals surface area contributed by atoms with Crippen molar-refractivity contribution < 1.29 is 14.7 Å². The summed E-state index contributed by atoms with van der Waals surface area (Å²) < 4.78 is 0. The quantitative estimate of drug-likeness (QED) is 0.720. The van der Waals surface area contributed by atoms with Gasteiger partial charge < -0.3 is 16.2 Å². The van der Waals surface area contributed by atoms with Gasteiger partial charge in [0.1, 0.15) is 11.7 Å². The number of anilines is 1. The number of pyridine rings is 1. The lowest BCUT2D eigenvalue weighted by Crippen LogP contribution is -2.45. The van der Waals surface area contributed by atoms with Crippen molar-refractivity contribution in [2.24, 2.45) is 5.92 Å². The molecule has 0 saturated carbocycles. The van der Waals surface area contributed by atoms with Crippen LogP contribution < -0.4 is 11.1 Å². The Balaban J connectivity index is 2.78. The number of hydrogen-bond acceptors (Lipinski definition) is 4. The summed E-state index contributed by atoms with van der Waals surface area (Å²) in [4.78, 5) is 26.7. The van der Waals surface area contributed by atoms with Gasteiger partial charge in [-0.05, 0) is 18.1 Å². The fourth-order valence-corrected chi connectivity index (χ4v) is 1.44. The monoisotopic (exact) mass is 251 g/mol. The minimum atomic E-state index is -1.05. The fraction of sp³-hybridized carbons (Fsp3) is 0.417. The number of nitrogens with zero attached hydrogens (tertiary/aromatic N) is 1. The minimum Gasteiger partial charge on any atom is -0.480 e. The van der Waals surface area contributed by atoms with E-state index in [1.807, 2.05) is 6.92 Å². The molecule has 1 amide bonds. The van der Waals surface area contributed by atoms with E-state index >= 15 is 0 Å². The molecule has 0 bridgehead atoms. The lowest BCUT2D eigenvalue weighted by molar-refractivity contribution is -0.140. The van der Waals surface area contributed by atoms with Crippen LogP contribution in [-0.4, -0.2) is 28.0 Å². The van der Waals surface area contributed by atoms with Crippen molar-refractivity contribution in [3.63, 3.8) is 0 Å². The number of carboxylic acid groups (broad SMARTS) is 1. The van der Waals surface area contributed by atoms with E-state index < -0.39 is 17.9 Å². The number of carboxylic acids is 1. The Hall–Kier alpha value is -2.11. The standard InChI is InChI=1S/C12H17N3O3/c1-3-7(2)10(12(17)18)15-11(16)9-5-4-8(13)6-14-9/h4-7,10H,3,13H2,1-2H3,(H,15,16)(H,17,18)/t7?,10-/m0/s1. The van der Waals surface area contributed by atoms with Crippen LogP contribution in [0.25, 0.3) is 0 Å². The van der Waals surface area contributed by atoms with E-state index in [9.17, 15) is 9.59 Å². The number of aromatic nitrogens is 1. The summed E-state index contributed by atoms with van der Waals surface area (Å²) in [7, 11) is 0. The summed E-state index contributed by atoms with van der Waals surface area (Å²) in [6, 6.07) is 2.09. The Morgan fingerprint density at radius 3 is 2.61 bits per heavy atom. The third kappa shape index (κ3) is 3.44. The van der Waals surface area contributed by atoms with Gasteiger partial charge in [0, 0.05) is 0 Å². The second-order valence-electron chi connectivity index (χ2n) is 4.15. The highest BCUT2D eigenvalue weighted by Crippen LogP contribution is 2.09. The Bertz CT molecular complexity index is 431. The van der Waals surface area contributed by atoms with Gasteiger partial charge in [-0.1, -0.05) is 20.3 Å². The van der Waals surface area contributed by atoms with Gasteiger partial charge in [-0.15, -0.1) is 0 Å². The second-order valence-corrected chi connectivity index (χ2v) is 4.15. The number of nitrogens with one attached hydrogen (secondary N) is 1. The molecule has 0 aliphatic rings. The molecule has 2 atom stereocenters. The molecule has 0 aromatic carbocycles. The molecule has 0 aliphatic carbocycles. The smallest absolute Gasteiger partial charge is 0.326 e. The van der Waals surface area contributed by atoms with Crippen molar-refractivity contribution in [2.45, 2.75) is 26.3 Å². The Morgan fingerprint density at radius 1 is 1.50 bits per heavy atom. The van der Waals surface area contributed by atoms with E-state index in [0.29, 0.717) is 12.1 Å². The van der Waals surface area contributed by atoms with Crippen molar-refractivity contribution in [2.75, 3.05) is 5.73 Å². The average molecular weight is 251 g/mol. The van der Waals surface area contributed by atoms with E-state index in [0.717, 1.165) is 0 Å². The molecule has 1 heterocycles. The first kappa shape index (κ1) is 14.0. The third-order valence-electron chi connectivity index (χ3n) is 2.78. The minimum absolute atomic E-state index is 0.152. The maximum atomic E-state index is 11.8. The number of carbonyl (C=O) groups excluding carboxylic acids is 1. The molecule has 6 nitrogen and oxygen atoms in total. The van der Waals surface area contributed by atoms with Gasteiger partial charge in [0.15, 0.2) is 0 Å². The number of amides is 1. The molecule has 1 aromatic heterocycles. The van der Waals surface area contributed by atoms with Crippen LogP contribution in [0.2, 0.25) is 0 Å². The zero-order valence-electron chi connectivity index (χ0n) is 10.4. The van der Waals surface area contributed by atoms with Gasteiger partial charge >= 0.3 is 5.97 Å². The highest BCUT2D eigenvalue weighted by Gasteiger charge is 2.25. The molecule has 0 radical (unpaired) electrons. The molecule has 0 spiro atoms. The number of nitrogens with two attached hydrogens (primary N) is 1. The molecule has 18 heavy (non-hydrogen) atoms. The van der Waals surface area contributed by atoms with Gasteiger partial charge in [0.2, 0.25) is 0 Å². The van der Waals surface area contributed by atoms with E-state index in [4.69, 9.17) is 10.8 Å². The average Bonchev–Trinajstić information content (AvgIpc) is 2.35. The summed E-state index contributed by atoms with van der Waals surface area (Å²) in [5.41, 5.74) is 6.06. The van der Waals surface area contributed by atoms with E-state index in [2.05, 4.69) is 10.3 Å². The van der Waals surface area contributed by atoms with Crippen LogP contribution in [0.1, 0.15) is 30.8 Å². The maximum Gasteiger partial charge on any atom is 0.326 e. The lowest BCUT2D eigenvalue weighted by Gasteiger charge is -2.19. The molecule has 0 fully saturated rings. The Labute approximate surface area is 105 Å². The SMILES string of the molecule is CCC(C)[C@H](NC(=O)c1ccc(N)cn1)C(=O)O. The van der Waals surface area contributed by atoms with Gasteiger partial charge in [0.25, 0.3) is 5.91 Å². The van der Waals surface area contributed by atoms with Crippen molar-refractivity contribution in [3.8, 4) is 0 Å². The second kappa shape index (κ2) is 6.00. The van der Waals surface area contributed by atoms with Crippen molar-refractivity contribution in [3.05, 3.63) is 24.0 Å². The van der Waals surface area contributed by atoms with Crippen LogP contribution in [0.15, 0.2) is 18.3 Å². The molecule has 4 N–H and O–H groups in total. The topological polar surface area (TPSA) is 105 Å². The summed E-state index contributed by atoms with van der Waals surface area (Å²) in [5, 5.41) is 11.5. The number of carbonyl (C=O) groups is 2. The van der Waals surface area contributed by atoms with E-state index in [1.54, 1.807) is 13.0 Å². The van der Waals surface area contributed by atoms with E-state index in [1.165, 1.54) is 12.3 Å². The Morgan fingerprint density at radius 2 is 2.17 bits per heavy atom. The van der Waals surface area contributed by atoms with Gasteiger partial charge in [-0.3, -0.25) is 4.79 Å². The van der Waals surface area contributed by atoms with Crippen LogP contribution in [0.4, 0.5) is 5.69 Å². The molecule has 1 aromatic rings. The summed E-state index contributed by atoms with van der Waals surface area (Å²) >= 11 is 0. The predicted molar refractivity (Wildman–Crippen MR) is 67.0 cm³/mol. The lowest BCUT2D eigenvalue weighted by atomic mass is 9.99. The number of nitrogen functional groups attached to an aromatic ring is 1. The number of aliphatic carboxylic acids is 1. The Kier molecular flexibility index (Phi) is 4.65. The molecule has 6 heteroatoms. The van der Waals surface area contributed by atoms with Gasteiger partial charge in [-0.2, -0.15) is 0 Å². The largest absolute Gasteiger partial charge is 0.480 e. The van der Waals surface area contributed by atoms with Crippen molar-refractivity contribution >= 4 is 17.6 Å². The van der Waals surface area contributed by atoms with Crippen LogP contribution in [0, 0.1) is 5.92 Å². The van der Waals surface area contributed by atoms with Crippen LogP contribution >= 0.6 is 0 Å². The molecular formula is C12H17N3O3. The highest BCUT2D eigenvalue weighted by atomic mass is 16.4. The fourth-order valence-electron chi connectivity index (χ4n) is 1.44. The molecular weight excluding hydrogens is 234 g/mol. The van der Waals surface area contributed by atoms with Crippen molar-refractivity contribution in [1.29, 1.82) is 0 Å². The first-order chi connectivity index (χ1) is 8.45. The first-order valence-corrected chi connectivity index (χ1v) is 5.71. The normalized spacial score (nSPS) is 13.7. The zero-order chi connectivity index (χ0) is 13.7. The van der Waals surface area contributed by atoms with Crippen LogP contribution in [-0.2, 0) is 4.79 Å². The predicted octanol–water partition coefficient (Wildman–Crippen LogP) is 0.893. The highest BCUT2D eigenvalue weighted by molar-refractivity contribution is 5.95.